The average molecular weight is 573 g/mol. The number of hydrogen-bond donors (Lipinski definition) is 1. The Morgan fingerprint density at radius 2 is 2.00 bits per heavy atom. The molecule has 2 rings (SSSR count). The second-order valence-corrected chi connectivity index (χ2v) is 6.83. The molecule has 0 amide bonds. The van der Waals surface area contributed by atoms with E-state index < -0.39 is 0 Å². The first-order chi connectivity index (χ1) is 11.7. The smallest absolute Gasteiger partial charge is 0.193 e. The predicted octanol–water partition coefficient (Wildman–Crippen LogP) is 3.75. The van der Waals surface area contributed by atoms with Crippen LogP contribution in [0.5, 0.6) is 5.75 Å². The molecular weight excluding hydrogens is 544 g/mol. The highest BCUT2D eigenvalue weighted by atomic mass is 127. The Balaban J connectivity index is 0.00000312. The third-order valence-corrected chi connectivity index (χ3v) is 4.80. The van der Waals surface area contributed by atoms with Gasteiger partial charge in [0.25, 0.3) is 0 Å². The van der Waals surface area contributed by atoms with Crippen LogP contribution in [0.15, 0.2) is 29.3 Å². The van der Waals surface area contributed by atoms with Crippen LogP contribution in [0.2, 0.25) is 0 Å². The minimum atomic E-state index is 0. The van der Waals surface area contributed by atoms with Crippen molar-refractivity contribution in [2.24, 2.45) is 4.99 Å². The standard InChI is InChI=1S/C18H28IN3O2.HI/c1-3-20-18(21-11-14-23-4-2)22-12-9-15(10-13-22)24-17-8-6-5-7-16(17)19;/h5-8,15H,3-4,9-14H2,1-2H3,(H,20,21);1H. The van der Waals surface area contributed by atoms with E-state index in [2.05, 4.69) is 50.8 Å². The lowest BCUT2D eigenvalue weighted by molar-refractivity contribution is 0.128. The first-order valence-electron chi connectivity index (χ1n) is 8.76. The van der Waals surface area contributed by atoms with Crippen LogP contribution in [-0.2, 0) is 4.74 Å². The molecule has 1 saturated heterocycles. The minimum Gasteiger partial charge on any atom is -0.489 e. The number of rotatable bonds is 7. The van der Waals surface area contributed by atoms with Gasteiger partial charge in [-0.15, -0.1) is 24.0 Å². The number of nitrogens with zero attached hydrogens (tertiary/aromatic N) is 2. The van der Waals surface area contributed by atoms with Crippen molar-refractivity contribution in [2.45, 2.75) is 32.8 Å². The lowest BCUT2D eigenvalue weighted by atomic mass is 10.1. The average Bonchev–Trinajstić information content (AvgIpc) is 2.60. The number of aliphatic imine (C=N–C) groups is 1. The molecule has 1 aliphatic rings. The van der Waals surface area contributed by atoms with Gasteiger partial charge >= 0.3 is 0 Å². The van der Waals surface area contributed by atoms with E-state index in [1.165, 1.54) is 3.57 Å². The monoisotopic (exact) mass is 573 g/mol. The zero-order valence-electron chi connectivity index (χ0n) is 15.0. The largest absolute Gasteiger partial charge is 0.489 e. The molecule has 142 valence electrons. The van der Waals surface area contributed by atoms with E-state index in [4.69, 9.17) is 9.47 Å². The number of para-hydroxylation sites is 1. The molecule has 1 fully saturated rings. The predicted molar refractivity (Wildman–Crippen MR) is 122 cm³/mol. The van der Waals surface area contributed by atoms with E-state index in [9.17, 15) is 0 Å². The maximum absolute atomic E-state index is 6.17. The number of likely N-dealkylation sites (tertiary alicyclic amines) is 1. The van der Waals surface area contributed by atoms with Crippen molar-refractivity contribution in [3.8, 4) is 5.75 Å². The maximum atomic E-state index is 6.17. The SMILES string of the molecule is CCNC(=NCCOCC)N1CCC(Oc2ccccc2I)CC1.I. The summed E-state index contributed by atoms with van der Waals surface area (Å²) in [6.45, 7) is 9.05. The molecule has 1 aliphatic heterocycles. The number of nitrogens with one attached hydrogen (secondary N) is 1. The quantitative estimate of drug-likeness (QED) is 0.234. The molecule has 0 radical (unpaired) electrons. The molecule has 1 aromatic rings. The molecule has 0 spiro atoms. The Morgan fingerprint density at radius 1 is 1.28 bits per heavy atom. The van der Waals surface area contributed by atoms with E-state index in [-0.39, 0.29) is 30.1 Å². The molecule has 0 aromatic heterocycles. The summed E-state index contributed by atoms with van der Waals surface area (Å²) in [5.74, 6) is 1.98. The molecule has 0 atom stereocenters. The first kappa shape index (κ1) is 22.8. The van der Waals surface area contributed by atoms with E-state index in [1.807, 2.05) is 25.1 Å². The Morgan fingerprint density at radius 3 is 2.64 bits per heavy atom. The van der Waals surface area contributed by atoms with Gasteiger partial charge in [-0.25, -0.2) is 0 Å². The Bertz CT molecular complexity index is 521. The zero-order chi connectivity index (χ0) is 17.2. The van der Waals surface area contributed by atoms with Crippen LogP contribution in [-0.4, -0.2) is 56.4 Å². The van der Waals surface area contributed by atoms with Gasteiger partial charge in [-0.1, -0.05) is 12.1 Å². The number of benzene rings is 1. The third kappa shape index (κ3) is 7.86. The van der Waals surface area contributed by atoms with Crippen LogP contribution in [0.1, 0.15) is 26.7 Å². The lowest BCUT2D eigenvalue weighted by Gasteiger charge is -2.34. The van der Waals surface area contributed by atoms with Crippen LogP contribution in [0.25, 0.3) is 0 Å². The van der Waals surface area contributed by atoms with Crippen LogP contribution >= 0.6 is 46.6 Å². The van der Waals surface area contributed by atoms with Crippen molar-refractivity contribution in [1.29, 1.82) is 0 Å². The fourth-order valence-corrected chi connectivity index (χ4v) is 3.21. The van der Waals surface area contributed by atoms with E-state index >= 15 is 0 Å². The van der Waals surface area contributed by atoms with Crippen molar-refractivity contribution in [1.82, 2.24) is 10.2 Å². The summed E-state index contributed by atoms with van der Waals surface area (Å²) in [4.78, 5) is 6.99. The number of ether oxygens (including phenoxy) is 2. The molecule has 25 heavy (non-hydrogen) atoms. The Hall–Kier alpha value is -0.290. The maximum Gasteiger partial charge on any atom is 0.193 e. The fourth-order valence-electron chi connectivity index (χ4n) is 2.69. The molecule has 1 N–H and O–H groups in total. The Kier molecular flexibility index (Phi) is 11.8. The van der Waals surface area contributed by atoms with E-state index in [0.29, 0.717) is 13.2 Å². The van der Waals surface area contributed by atoms with Crippen LogP contribution in [0, 0.1) is 3.57 Å². The summed E-state index contributed by atoms with van der Waals surface area (Å²) in [5.41, 5.74) is 0. The van der Waals surface area contributed by atoms with Crippen molar-refractivity contribution >= 4 is 52.5 Å². The normalized spacial score (nSPS) is 15.6. The zero-order valence-corrected chi connectivity index (χ0v) is 19.5. The molecule has 0 aliphatic carbocycles. The molecule has 0 saturated carbocycles. The highest BCUT2D eigenvalue weighted by Crippen LogP contribution is 2.24. The van der Waals surface area contributed by atoms with Crippen molar-refractivity contribution in [3.63, 3.8) is 0 Å². The fraction of sp³-hybridized carbons (Fsp3) is 0.611. The second-order valence-electron chi connectivity index (χ2n) is 5.67. The highest BCUT2D eigenvalue weighted by Gasteiger charge is 2.23. The van der Waals surface area contributed by atoms with Crippen LogP contribution < -0.4 is 10.1 Å². The Labute approximate surface area is 182 Å². The summed E-state index contributed by atoms with van der Waals surface area (Å²) in [5, 5.41) is 3.38. The molecule has 0 bridgehead atoms. The van der Waals surface area contributed by atoms with E-state index in [0.717, 1.165) is 50.8 Å². The first-order valence-corrected chi connectivity index (χ1v) is 9.84. The van der Waals surface area contributed by atoms with Gasteiger partial charge in [0.15, 0.2) is 5.96 Å². The molecule has 0 unspecified atom stereocenters. The van der Waals surface area contributed by atoms with Gasteiger partial charge in [-0.3, -0.25) is 4.99 Å². The lowest BCUT2D eigenvalue weighted by Crippen LogP contribution is -2.47. The third-order valence-electron chi connectivity index (χ3n) is 3.91. The second kappa shape index (κ2) is 13.0. The number of piperidine rings is 1. The van der Waals surface area contributed by atoms with Gasteiger partial charge in [0.05, 0.1) is 16.7 Å². The van der Waals surface area contributed by atoms with Crippen molar-refractivity contribution in [3.05, 3.63) is 27.8 Å². The summed E-state index contributed by atoms with van der Waals surface area (Å²) in [6, 6.07) is 8.20. The van der Waals surface area contributed by atoms with Crippen LogP contribution in [0.3, 0.4) is 0 Å². The van der Waals surface area contributed by atoms with Crippen molar-refractivity contribution in [2.75, 3.05) is 39.4 Å². The molecule has 5 nitrogen and oxygen atoms in total. The summed E-state index contributed by atoms with van der Waals surface area (Å²) < 4.78 is 12.7. The molecular formula is C18H29I2N3O2. The van der Waals surface area contributed by atoms with Gasteiger partial charge in [0.2, 0.25) is 0 Å². The molecule has 1 aromatic carbocycles. The van der Waals surface area contributed by atoms with Gasteiger partial charge in [-0.2, -0.15) is 0 Å². The van der Waals surface area contributed by atoms with Gasteiger partial charge in [-0.05, 0) is 48.6 Å². The van der Waals surface area contributed by atoms with Crippen molar-refractivity contribution < 1.29 is 9.47 Å². The van der Waals surface area contributed by atoms with Gasteiger partial charge in [0, 0.05) is 39.1 Å². The number of hydrogen-bond acceptors (Lipinski definition) is 3. The molecule has 1 heterocycles. The number of guanidine groups is 1. The van der Waals surface area contributed by atoms with Gasteiger partial charge < -0.3 is 19.7 Å². The highest BCUT2D eigenvalue weighted by molar-refractivity contribution is 14.1. The summed E-state index contributed by atoms with van der Waals surface area (Å²) in [7, 11) is 0. The van der Waals surface area contributed by atoms with E-state index in [1.54, 1.807) is 0 Å². The number of halogens is 2. The minimum absolute atomic E-state index is 0. The summed E-state index contributed by atoms with van der Waals surface area (Å²) in [6.07, 6.45) is 2.31. The van der Waals surface area contributed by atoms with Crippen LogP contribution in [0.4, 0.5) is 0 Å². The topological polar surface area (TPSA) is 46.1 Å². The van der Waals surface area contributed by atoms with Gasteiger partial charge in [0.1, 0.15) is 11.9 Å². The summed E-state index contributed by atoms with van der Waals surface area (Å²) >= 11 is 2.33. The molecule has 7 heteroatoms.